The van der Waals surface area contributed by atoms with Crippen molar-refractivity contribution >= 4 is 5.91 Å². The average Bonchev–Trinajstić information content (AvgIpc) is 2.65. The molecule has 3 nitrogen and oxygen atoms in total. The van der Waals surface area contributed by atoms with Gasteiger partial charge in [-0.3, -0.25) is 4.79 Å². The van der Waals surface area contributed by atoms with E-state index in [1.165, 1.54) is 44.9 Å². The predicted molar refractivity (Wildman–Crippen MR) is 81.4 cm³/mol. The molecule has 1 aliphatic heterocycles. The molecule has 3 fully saturated rings. The number of nitrogens with zero attached hydrogens (tertiary/aromatic N) is 1. The average molecular weight is 278 g/mol. The molecule has 114 valence electrons. The molecule has 1 amide bonds. The van der Waals surface area contributed by atoms with Gasteiger partial charge >= 0.3 is 0 Å². The van der Waals surface area contributed by atoms with Crippen LogP contribution in [0, 0.1) is 17.8 Å². The van der Waals surface area contributed by atoms with Gasteiger partial charge in [-0.1, -0.05) is 19.3 Å². The van der Waals surface area contributed by atoms with Crippen LogP contribution in [0.25, 0.3) is 0 Å². The van der Waals surface area contributed by atoms with E-state index in [2.05, 4.69) is 17.1 Å². The van der Waals surface area contributed by atoms with Gasteiger partial charge < -0.3 is 10.2 Å². The van der Waals surface area contributed by atoms with Gasteiger partial charge in [0.1, 0.15) is 0 Å². The summed E-state index contributed by atoms with van der Waals surface area (Å²) in [5.74, 6) is 3.02. The predicted octanol–water partition coefficient (Wildman–Crippen LogP) is 2.80. The summed E-state index contributed by atoms with van der Waals surface area (Å²) in [5.41, 5.74) is 0. The summed E-state index contributed by atoms with van der Waals surface area (Å²) in [6, 6.07) is 0.488. The number of carbonyl (C=O) groups is 1. The molecule has 0 radical (unpaired) electrons. The Morgan fingerprint density at radius 1 is 1.15 bits per heavy atom. The Labute approximate surface area is 123 Å². The number of nitrogens with one attached hydrogen (secondary N) is 1. The van der Waals surface area contributed by atoms with Gasteiger partial charge in [-0.2, -0.15) is 0 Å². The molecular weight excluding hydrogens is 248 g/mol. The molecule has 1 saturated heterocycles. The second kappa shape index (κ2) is 6.05. The molecule has 0 aromatic heterocycles. The Hall–Kier alpha value is -0.570. The van der Waals surface area contributed by atoms with Gasteiger partial charge in [0, 0.05) is 12.6 Å². The van der Waals surface area contributed by atoms with E-state index in [0.29, 0.717) is 11.9 Å². The molecule has 0 aromatic carbocycles. The van der Waals surface area contributed by atoms with Crippen molar-refractivity contribution in [2.24, 2.45) is 17.8 Å². The van der Waals surface area contributed by atoms with Crippen LogP contribution in [-0.4, -0.2) is 36.5 Å². The van der Waals surface area contributed by atoms with Crippen LogP contribution in [0.3, 0.4) is 0 Å². The van der Waals surface area contributed by atoms with Crippen LogP contribution in [-0.2, 0) is 4.79 Å². The molecule has 3 heteroatoms. The number of rotatable bonds is 3. The normalized spacial score (nSPS) is 41.8. The fourth-order valence-corrected chi connectivity index (χ4v) is 4.92. The van der Waals surface area contributed by atoms with Crippen molar-refractivity contribution in [2.75, 3.05) is 13.6 Å². The lowest BCUT2D eigenvalue weighted by Gasteiger charge is -2.33. The lowest BCUT2D eigenvalue weighted by atomic mass is 9.87. The third-order valence-corrected chi connectivity index (χ3v) is 6.13. The van der Waals surface area contributed by atoms with Crippen LogP contribution in [0.1, 0.15) is 58.3 Å². The number of amides is 1. The summed E-state index contributed by atoms with van der Waals surface area (Å²) < 4.78 is 0. The van der Waals surface area contributed by atoms with E-state index in [1.54, 1.807) is 0 Å². The number of fused-ring (bicyclic) bond motifs is 2. The van der Waals surface area contributed by atoms with Crippen molar-refractivity contribution in [1.82, 2.24) is 10.2 Å². The smallest absolute Gasteiger partial charge is 0.239 e. The minimum Gasteiger partial charge on any atom is -0.338 e. The van der Waals surface area contributed by atoms with Crippen molar-refractivity contribution in [3.05, 3.63) is 0 Å². The fraction of sp³-hybridized carbons (Fsp3) is 0.941. The molecule has 2 bridgehead atoms. The molecule has 5 atom stereocenters. The first kappa shape index (κ1) is 14.4. The third-order valence-electron chi connectivity index (χ3n) is 6.13. The van der Waals surface area contributed by atoms with Crippen LogP contribution in [0.15, 0.2) is 0 Å². The van der Waals surface area contributed by atoms with Gasteiger partial charge in [-0.25, -0.2) is 0 Å². The van der Waals surface area contributed by atoms with Crippen molar-refractivity contribution < 1.29 is 4.79 Å². The monoisotopic (exact) mass is 278 g/mol. The molecule has 20 heavy (non-hydrogen) atoms. The Kier molecular flexibility index (Phi) is 4.34. The third kappa shape index (κ3) is 2.74. The Bertz CT molecular complexity index is 357. The molecule has 2 saturated carbocycles. The topological polar surface area (TPSA) is 32.3 Å². The number of likely N-dealkylation sites (tertiary alicyclic amines) is 1. The Balaban J connectivity index is 1.68. The molecule has 0 spiro atoms. The van der Waals surface area contributed by atoms with Gasteiger partial charge in [-0.05, 0) is 63.8 Å². The molecule has 3 aliphatic rings. The molecular formula is C17H30N2O. The number of likely N-dealkylation sites (N-methyl/N-ethyl adjacent to an activating group) is 1. The minimum absolute atomic E-state index is 0.0562. The van der Waals surface area contributed by atoms with Gasteiger partial charge in [0.2, 0.25) is 5.91 Å². The maximum Gasteiger partial charge on any atom is 0.239 e. The van der Waals surface area contributed by atoms with E-state index < -0.39 is 0 Å². The second-order valence-electron chi connectivity index (χ2n) is 7.40. The van der Waals surface area contributed by atoms with E-state index in [-0.39, 0.29) is 6.04 Å². The van der Waals surface area contributed by atoms with Crippen molar-refractivity contribution in [1.29, 1.82) is 0 Å². The second-order valence-corrected chi connectivity index (χ2v) is 7.40. The summed E-state index contributed by atoms with van der Waals surface area (Å²) in [7, 11) is 1.93. The summed E-state index contributed by atoms with van der Waals surface area (Å²) in [4.78, 5) is 15.0. The van der Waals surface area contributed by atoms with Crippen LogP contribution in [0.5, 0.6) is 0 Å². The molecule has 5 unspecified atom stereocenters. The summed E-state index contributed by atoms with van der Waals surface area (Å²) in [6.45, 7) is 3.27. The molecule has 1 heterocycles. The summed E-state index contributed by atoms with van der Waals surface area (Å²) >= 11 is 0. The van der Waals surface area contributed by atoms with Crippen LogP contribution < -0.4 is 5.32 Å². The highest BCUT2D eigenvalue weighted by molar-refractivity contribution is 5.82. The molecule has 1 N–H and O–H groups in total. The van der Waals surface area contributed by atoms with Gasteiger partial charge in [0.15, 0.2) is 0 Å². The van der Waals surface area contributed by atoms with Gasteiger partial charge in [-0.15, -0.1) is 0 Å². The molecule has 3 rings (SSSR count). The largest absolute Gasteiger partial charge is 0.338 e. The SMILES string of the molecule is CNC1CCCC(C)N(CC2CC3CCCC2C3)C1=O. The lowest BCUT2D eigenvalue weighted by molar-refractivity contribution is -0.135. The van der Waals surface area contributed by atoms with Gasteiger partial charge in [0.25, 0.3) is 0 Å². The van der Waals surface area contributed by atoms with Crippen LogP contribution in [0.4, 0.5) is 0 Å². The van der Waals surface area contributed by atoms with Crippen molar-refractivity contribution in [3.8, 4) is 0 Å². The van der Waals surface area contributed by atoms with Crippen molar-refractivity contribution in [2.45, 2.75) is 70.4 Å². The van der Waals surface area contributed by atoms with E-state index in [9.17, 15) is 4.79 Å². The van der Waals surface area contributed by atoms with E-state index in [1.807, 2.05) is 7.05 Å². The first-order valence-electron chi connectivity index (χ1n) is 8.66. The molecule has 2 aliphatic carbocycles. The fourth-order valence-electron chi connectivity index (χ4n) is 4.92. The number of carbonyl (C=O) groups excluding carboxylic acids is 1. The standard InChI is InChI=1S/C17H30N2O/c1-12-5-3-8-16(18-2)17(20)19(12)11-15-10-13-6-4-7-14(15)9-13/h12-16,18H,3-11H2,1-2H3. The maximum absolute atomic E-state index is 12.7. The van der Waals surface area contributed by atoms with Crippen LogP contribution >= 0.6 is 0 Å². The highest BCUT2D eigenvalue weighted by Crippen LogP contribution is 2.46. The Morgan fingerprint density at radius 2 is 1.95 bits per heavy atom. The zero-order chi connectivity index (χ0) is 14.1. The summed E-state index contributed by atoms with van der Waals surface area (Å²) in [5, 5.41) is 3.22. The number of hydrogen-bond acceptors (Lipinski definition) is 2. The van der Waals surface area contributed by atoms with Crippen LogP contribution in [0.2, 0.25) is 0 Å². The van der Waals surface area contributed by atoms with E-state index in [0.717, 1.165) is 30.7 Å². The molecule has 0 aromatic rings. The van der Waals surface area contributed by atoms with Crippen molar-refractivity contribution in [3.63, 3.8) is 0 Å². The van der Waals surface area contributed by atoms with Gasteiger partial charge in [0.05, 0.1) is 6.04 Å². The lowest BCUT2D eigenvalue weighted by Crippen LogP contribution is -2.48. The quantitative estimate of drug-likeness (QED) is 0.861. The minimum atomic E-state index is 0.0562. The highest BCUT2D eigenvalue weighted by Gasteiger charge is 2.40. The highest BCUT2D eigenvalue weighted by atomic mass is 16.2. The Morgan fingerprint density at radius 3 is 2.70 bits per heavy atom. The first-order chi connectivity index (χ1) is 9.69. The van der Waals surface area contributed by atoms with E-state index >= 15 is 0 Å². The zero-order valence-electron chi connectivity index (χ0n) is 13.1. The number of hydrogen-bond donors (Lipinski definition) is 1. The van der Waals surface area contributed by atoms with E-state index in [4.69, 9.17) is 0 Å². The maximum atomic E-state index is 12.7. The zero-order valence-corrected chi connectivity index (χ0v) is 13.1. The summed E-state index contributed by atoms with van der Waals surface area (Å²) in [6.07, 6.45) is 10.4. The first-order valence-corrected chi connectivity index (χ1v) is 8.66.